The van der Waals surface area contributed by atoms with E-state index in [0.717, 1.165) is 13.1 Å². The third kappa shape index (κ3) is 3.50. The predicted octanol–water partition coefficient (Wildman–Crippen LogP) is 2.79. The van der Waals surface area contributed by atoms with Crippen LogP contribution in [0.1, 0.15) is 58.8 Å². The summed E-state index contributed by atoms with van der Waals surface area (Å²) in [6.07, 6.45) is 9.36. The number of hydrogen-bond donors (Lipinski definition) is 1. The molecule has 2 atom stereocenters. The lowest BCUT2D eigenvalue weighted by Crippen LogP contribution is -2.58. The Labute approximate surface area is 118 Å². The molecule has 3 heteroatoms. The van der Waals surface area contributed by atoms with Crippen molar-refractivity contribution < 1.29 is 4.74 Å². The van der Waals surface area contributed by atoms with Crippen LogP contribution >= 0.6 is 0 Å². The van der Waals surface area contributed by atoms with Crippen molar-refractivity contribution in [1.82, 2.24) is 4.90 Å². The van der Waals surface area contributed by atoms with Crippen molar-refractivity contribution in [2.45, 2.75) is 70.4 Å². The molecule has 19 heavy (non-hydrogen) atoms. The summed E-state index contributed by atoms with van der Waals surface area (Å²) >= 11 is 0. The highest BCUT2D eigenvalue weighted by molar-refractivity contribution is 4.97. The van der Waals surface area contributed by atoms with Crippen LogP contribution in [-0.4, -0.2) is 43.3 Å². The fourth-order valence-corrected chi connectivity index (χ4v) is 3.93. The molecule has 0 spiro atoms. The maximum atomic E-state index is 6.23. The van der Waals surface area contributed by atoms with E-state index >= 15 is 0 Å². The second-order valence-corrected chi connectivity index (χ2v) is 7.39. The molecule has 3 nitrogen and oxygen atoms in total. The predicted molar refractivity (Wildman–Crippen MR) is 80.3 cm³/mol. The van der Waals surface area contributed by atoms with Crippen LogP contribution in [0.5, 0.6) is 0 Å². The molecule has 0 radical (unpaired) electrons. The van der Waals surface area contributed by atoms with Gasteiger partial charge in [0.25, 0.3) is 0 Å². The van der Waals surface area contributed by atoms with Gasteiger partial charge in [0.1, 0.15) is 0 Å². The molecule has 1 heterocycles. The maximum Gasteiger partial charge on any atom is 0.0698 e. The Morgan fingerprint density at radius 2 is 1.95 bits per heavy atom. The molecule has 2 aliphatic rings. The Bertz CT molecular complexity index is 292. The molecule has 2 fully saturated rings. The molecule has 2 rings (SSSR count). The molecule has 1 aliphatic heterocycles. The number of piperidine rings is 1. The minimum absolute atomic E-state index is 0.241. The third-order valence-electron chi connectivity index (χ3n) is 5.53. The third-order valence-corrected chi connectivity index (χ3v) is 5.53. The van der Waals surface area contributed by atoms with E-state index in [4.69, 9.17) is 10.5 Å². The van der Waals surface area contributed by atoms with Gasteiger partial charge in [0, 0.05) is 25.7 Å². The van der Waals surface area contributed by atoms with E-state index < -0.39 is 0 Å². The first-order valence-electron chi connectivity index (χ1n) is 7.99. The molecule has 0 aromatic heterocycles. The average molecular weight is 268 g/mol. The molecule has 0 aromatic carbocycles. The number of rotatable bonds is 3. The summed E-state index contributed by atoms with van der Waals surface area (Å²) in [5, 5.41) is 0. The van der Waals surface area contributed by atoms with Gasteiger partial charge in [-0.2, -0.15) is 0 Å². The lowest BCUT2D eigenvalue weighted by atomic mass is 9.82. The minimum Gasteiger partial charge on any atom is -0.380 e. The van der Waals surface area contributed by atoms with E-state index in [2.05, 4.69) is 18.7 Å². The number of methoxy groups -OCH3 is 1. The van der Waals surface area contributed by atoms with Crippen molar-refractivity contribution in [3.63, 3.8) is 0 Å². The molecule has 0 amide bonds. The molecule has 1 saturated heterocycles. The maximum absolute atomic E-state index is 6.23. The number of nitrogens with two attached hydrogens (primary N) is 1. The first kappa shape index (κ1) is 15.3. The van der Waals surface area contributed by atoms with Crippen LogP contribution in [0.3, 0.4) is 0 Å². The Morgan fingerprint density at radius 3 is 2.63 bits per heavy atom. The van der Waals surface area contributed by atoms with Crippen LogP contribution in [-0.2, 0) is 4.74 Å². The first-order valence-corrected chi connectivity index (χ1v) is 7.99. The second-order valence-electron chi connectivity index (χ2n) is 7.39. The summed E-state index contributed by atoms with van der Waals surface area (Å²) in [5.41, 5.74) is 6.97. The zero-order valence-electron chi connectivity index (χ0n) is 13.1. The Balaban J connectivity index is 2.08. The summed E-state index contributed by atoms with van der Waals surface area (Å²) < 4.78 is 5.59. The van der Waals surface area contributed by atoms with Gasteiger partial charge in [0.05, 0.1) is 6.10 Å². The van der Waals surface area contributed by atoms with E-state index in [-0.39, 0.29) is 5.54 Å². The van der Waals surface area contributed by atoms with Gasteiger partial charge in [0.2, 0.25) is 0 Å². The van der Waals surface area contributed by atoms with Gasteiger partial charge in [-0.25, -0.2) is 0 Å². The smallest absolute Gasteiger partial charge is 0.0698 e. The Kier molecular flexibility index (Phi) is 4.91. The monoisotopic (exact) mass is 268 g/mol. The van der Waals surface area contributed by atoms with Crippen LogP contribution < -0.4 is 5.73 Å². The van der Waals surface area contributed by atoms with Crippen molar-refractivity contribution in [3.8, 4) is 0 Å². The van der Waals surface area contributed by atoms with Gasteiger partial charge in [-0.15, -0.1) is 0 Å². The molecule has 0 aromatic rings. The first-order chi connectivity index (χ1) is 9.01. The number of likely N-dealkylation sites (tertiary alicyclic amines) is 1. The molecule has 2 unspecified atom stereocenters. The minimum atomic E-state index is 0.241. The van der Waals surface area contributed by atoms with Gasteiger partial charge in [-0.05, 0) is 50.5 Å². The highest BCUT2D eigenvalue weighted by Gasteiger charge is 2.40. The lowest BCUT2D eigenvalue weighted by Gasteiger charge is -2.47. The van der Waals surface area contributed by atoms with Gasteiger partial charge in [-0.3, -0.25) is 4.90 Å². The summed E-state index contributed by atoms with van der Waals surface area (Å²) in [4.78, 5) is 2.66. The van der Waals surface area contributed by atoms with Crippen LogP contribution in [0.2, 0.25) is 0 Å². The van der Waals surface area contributed by atoms with E-state index in [9.17, 15) is 0 Å². The van der Waals surface area contributed by atoms with Crippen LogP contribution in [0.15, 0.2) is 0 Å². The zero-order chi connectivity index (χ0) is 13.9. The fraction of sp³-hybridized carbons (Fsp3) is 1.00. The van der Waals surface area contributed by atoms with Gasteiger partial charge >= 0.3 is 0 Å². The number of hydrogen-bond acceptors (Lipinski definition) is 3. The number of nitrogens with zero attached hydrogens (tertiary/aromatic N) is 1. The van der Waals surface area contributed by atoms with Gasteiger partial charge < -0.3 is 10.5 Å². The van der Waals surface area contributed by atoms with E-state index in [1.165, 1.54) is 51.5 Å². The highest BCUT2D eigenvalue weighted by Crippen LogP contribution is 2.41. The van der Waals surface area contributed by atoms with Crippen LogP contribution in [0.4, 0.5) is 0 Å². The van der Waals surface area contributed by atoms with Crippen molar-refractivity contribution in [2.24, 2.45) is 11.1 Å². The summed E-state index contributed by atoms with van der Waals surface area (Å²) in [6.45, 7) is 7.91. The van der Waals surface area contributed by atoms with Crippen molar-refractivity contribution in [2.75, 3.05) is 26.7 Å². The standard InChI is InChI=1S/C16H32N2O/c1-15(2)7-5-8-16(13-17,10-9-15)18-11-4-6-14(12-18)19-3/h14H,4-13,17H2,1-3H3. The second kappa shape index (κ2) is 6.11. The highest BCUT2D eigenvalue weighted by atomic mass is 16.5. The fourth-order valence-electron chi connectivity index (χ4n) is 3.93. The molecule has 112 valence electrons. The SMILES string of the molecule is COC1CCCN(C2(CN)CCCC(C)(C)CC2)C1. The largest absolute Gasteiger partial charge is 0.380 e. The molecule has 1 saturated carbocycles. The summed E-state index contributed by atoms with van der Waals surface area (Å²) in [5.74, 6) is 0. The van der Waals surface area contributed by atoms with E-state index in [0.29, 0.717) is 11.5 Å². The Morgan fingerprint density at radius 1 is 1.16 bits per heavy atom. The number of ether oxygens (including phenoxy) is 1. The summed E-state index contributed by atoms with van der Waals surface area (Å²) in [6, 6.07) is 0. The van der Waals surface area contributed by atoms with Crippen LogP contribution in [0.25, 0.3) is 0 Å². The lowest BCUT2D eigenvalue weighted by molar-refractivity contribution is -0.0235. The van der Waals surface area contributed by atoms with Crippen molar-refractivity contribution in [1.29, 1.82) is 0 Å². The molecular weight excluding hydrogens is 236 g/mol. The molecule has 0 bridgehead atoms. The topological polar surface area (TPSA) is 38.5 Å². The zero-order valence-corrected chi connectivity index (χ0v) is 13.1. The molecule has 1 aliphatic carbocycles. The van der Waals surface area contributed by atoms with Crippen LogP contribution in [0, 0.1) is 5.41 Å². The van der Waals surface area contributed by atoms with Gasteiger partial charge in [0.15, 0.2) is 0 Å². The van der Waals surface area contributed by atoms with E-state index in [1.54, 1.807) is 0 Å². The quantitative estimate of drug-likeness (QED) is 0.800. The molecule has 2 N–H and O–H groups in total. The normalized spacial score (nSPS) is 36.9. The summed E-state index contributed by atoms with van der Waals surface area (Å²) in [7, 11) is 1.85. The molecular formula is C16H32N2O. The van der Waals surface area contributed by atoms with Gasteiger partial charge in [-0.1, -0.05) is 20.3 Å². The van der Waals surface area contributed by atoms with E-state index in [1.807, 2.05) is 7.11 Å². The van der Waals surface area contributed by atoms with Crippen molar-refractivity contribution >= 4 is 0 Å². The Hall–Kier alpha value is -0.120. The van der Waals surface area contributed by atoms with Crippen molar-refractivity contribution in [3.05, 3.63) is 0 Å². The average Bonchev–Trinajstić information content (AvgIpc) is 2.58.